The molecule has 4 rings (SSSR count). The van der Waals surface area contributed by atoms with E-state index in [-0.39, 0.29) is 11.8 Å². The minimum atomic E-state index is 0.101. The Labute approximate surface area is 170 Å². The number of nitrogens with one attached hydrogen (secondary N) is 1. The van der Waals surface area contributed by atoms with E-state index >= 15 is 0 Å². The van der Waals surface area contributed by atoms with Gasteiger partial charge >= 0.3 is 0 Å². The molecule has 0 saturated carbocycles. The van der Waals surface area contributed by atoms with E-state index in [2.05, 4.69) is 32.5 Å². The summed E-state index contributed by atoms with van der Waals surface area (Å²) in [5.41, 5.74) is 3.08. The van der Waals surface area contributed by atoms with Gasteiger partial charge in [-0.25, -0.2) is 0 Å². The molecule has 6 heteroatoms. The van der Waals surface area contributed by atoms with Gasteiger partial charge in [-0.1, -0.05) is 35.5 Å². The standard InChI is InChI=1S/C23H26N4O2/c28-23(25-13-6-18-4-2-1-3-5-18)20-9-14-27(15-10-20)17-21-16-22(26-29-21)19-7-11-24-12-8-19/h1-5,7-8,11-12,16,20H,6,9-10,13-15,17H2,(H,25,28). The number of benzene rings is 1. The fourth-order valence-electron chi connectivity index (χ4n) is 3.74. The van der Waals surface area contributed by atoms with E-state index in [9.17, 15) is 4.79 Å². The normalized spacial score (nSPS) is 15.3. The minimum absolute atomic E-state index is 0.101. The molecule has 3 aromatic rings. The predicted molar refractivity (Wildman–Crippen MR) is 111 cm³/mol. The third-order valence-corrected chi connectivity index (χ3v) is 5.43. The van der Waals surface area contributed by atoms with Gasteiger partial charge in [0, 0.05) is 36.5 Å². The Morgan fingerprint density at radius 3 is 2.62 bits per heavy atom. The maximum atomic E-state index is 12.5. The quantitative estimate of drug-likeness (QED) is 0.670. The van der Waals surface area contributed by atoms with Crippen molar-refractivity contribution in [2.45, 2.75) is 25.8 Å². The number of aromatic nitrogens is 2. The molecule has 0 unspecified atom stereocenters. The number of carbonyl (C=O) groups excluding carboxylic acids is 1. The molecule has 1 N–H and O–H groups in total. The first-order valence-electron chi connectivity index (χ1n) is 10.2. The minimum Gasteiger partial charge on any atom is -0.359 e. The first-order chi connectivity index (χ1) is 14.3. The van der Waals surface area contributed by atoms with Crippen molar-refractivity contribution in [3.05, 3.63) is 72.2 Å². The van der Waals surface area contributed by atoms with Crippen LogP contribution in [0.4, 0.5) is 0 Å². The molecule has 6 nitrogen and oxygen atoms in total. The first-order valence-corrected chi connectivity index (χ1v) is 10.2. The maximum absolute atomic E-state index is 12.5. The van der Waals surface area contributed by atoms with Crippen LogP contribution in [0.25, 0.3) is 11.3 Å². The Hall–Kier alpha value is -2.99. The fourth-order valence-corrected chi connectivity index (χ4v) is 3.74. The van der Waals surface area contributed by atoms with Crippen molar-refractivity contribution in [2.24, 2.45) is 5.92 Å². The van der Waals surface area contributed by atoms with E-state index < -0.39 is 0 Å². The zero-order valence-corrected chi connectivity index (χ0v) is 16.5. The molecule has 0 spiro atoms. The van der Waals surface area contributed by atoms with E-state index in [1.807, 2.05) is 36.4 Å². The number of likely N-dealkylation sites (tertiary alicyclic amines) is 1. The SMILES string of the molecule is O=C(NCCc1ccccc1)C1CCN(Cc2cc(-c3ccncc3)no2)CC1. The van der Waals surface area contributed by atoms with Gasteiger partial charge in [0.15, 0.2) is 5.76 Å². The van der Waals surface area contributed by atoms with Crippen molar-refractivity contribution >= 4 is 5.91 Å². The van der Waals surface area contributed by atoms with Crippen LogP contribution in [0, 0.1) is 5.92 Å². The lowest BCUT2D eigenvalue weighted by Gasteiger charge is -2.30. The lowest BCUT2D eigenvalue weighted by Crippen LogP contribution is -2.40. The zero-order valence-electron chi connectivity index (χ0n) is 16.5. The first kappa shape index (κ1) is 19.3. The van der Waals surface area contributed by atoms with Gasteiger partial charge in [-0.15, -0.1) is 0 Å². The molecule has 1 amide bonds. The van der Waals surface area contributed by atoms with Gasteiger partial charge in [0.05, 0.1) is 6.54 Å². The lowest BCUT2D eigenvalue weighted by atomic mass is 9.95. The summed E-state index contributed by atoms with van der Waals surface area (Å²) >= 11 is 0. The van der Waals surface area contributed by atoms with Crippen molar-refractivity contribution in [1.82, 2.24) is 20.4 Å². The van der Waals surface area contributed by atoms with E-state index in [1.54, 1.807) is 12.4 Å². The van der Waals surface area contributed by atoms with Crippen LogP contribution in [0.1, 0.15) is 24.2 Å². The van der Waals surface area contributed by atoms with Crippen LogP contribution in [-0.2, 0) is 17.8 Å². The molecule has 1 fully saturated rings. The molecule has 1 aromatic carbocycles. The van der Waals surface area contributed by atoms with Crippen molar-refractivity contribution in [2.75, 3.05) is 19.6 Å². The highest BCUT2D eigenvalue weighted by atomic mass is 16.5. The molecule has 150 valence electrons. The second-order valence-corrected chi connectivity index (χ2v) is 7.49. The third kappa shape index (κ3) is 5.29. The van der Waals surface area contributed by atoms with Gasteiger partial charge < -0.3 is 9.84 Å². The molecule has 1 aliphatic heterocycles. The van der Waals surface area contributed by atoms with Crippen LogP contribution in [0.2, 0.25) is 0 Å². The van der Waals surface area contributed by atoms with Crippen molar-refractivity contribution in [1.29, 1.82) is 0 Å². The molecular formula is C23H26N4O2. The van der Waals surface area contributed by atoms with Gasteiger partial charge in [-0.2, -0.15) is 0 Å². The van der Waals surface area contributed by atoms with Crippen LogP contribution in [-0.4, -0.2) is 40.6 Å². The summed E-state index contributed by atoms with van der Waals surface area (Å²) < 4.78 is 5.50. The molecule has 0 atom stereocenters. The number of hydrogen-bond donors (Lipinski definition) is 1. The number of hydrogen-bond acceptors (Lipinski definition) is 5. The number of piperidine rings is 1. The smallest absolute Gasteiger partial charge is 0.223 e. The summed E-state index contributed by atoms with van der Waals surface area (Å²) in [7, 11) is 0. The maximum Gasteiger partial charge on any atom is 0.223 e. The summed E-state index contributed by atoms with van der Waals surface area (Å²) in [5.74, 6) is 1.13. The van der Waals surface area contributed by atoms with Crippen molar-refractivity contribution < 1.29 is 9.32 Å². The van der Waals surface area contributed by atoms with E-state index in [1.165, 1.54) is 5.56 Å². The second-order valence-electron chi connectivity index (χ2n) is 7.49. The Morgan fingerprint density at radius 1 is 1.10 bits per heavy atom. The Morgan fingerprint density at radius 2 is 1.86 bits per heavy atom. The van der Waals surface area contributed by atoms with E-state index in [4.69, 9.17) is 4.52 Å². The lowest BCUT2D eigenvalue weighted by molar-refractivity contribution is -0.126. The van der Waals surface area contributed by atoms with Crippen molar-refractivity contribution in [3.63, 3.8) is 0 Å². The number of amides is 1. The Bertz CT molecular complexity index is 903. The van der Waals surface area contributed by atoms with Crippen LogP contribution in [0.5, 0.6) is 0 Å². The molecule has 0 aliphatic carbocycles. The molecular weight excluding hydrogens is 364 g/mol. The molecule has 1 saturated heterocycles. The summed E-state index contributed by atoms with van der Waals surface area (Å²) in [6, 6.07) is 16.1. The molecule has 2 aromatic heterocycles. The molecule has 29 heavy (non-hydrogen) atoms. The van der Waals surface area contributed by atoms with Gasteiger partial charge in [0.25, 0.3) is 0 Å². The number of rotatable bonds is 7. The van der Waals surface area contributed by atoms with Gasteiger partial charge in [0.1, 0.15) is 5.69 Å². The predicted octanol–water partition coefficient (Wildman–Crippen LogP) is 3.31. The van der Waals surface area contributed by atoms with Crippen LogP contribution < -0.4 is 5.32 Å². The number of carbonyl (C=O) groups is 1. The van der Waals surface area contributed by atoms with Gasteiger partial charge in [0.2, 0.25) is 5.91 Å². The third-order valence-electron chi connectivity index (χ3n) is 5.43. The number of nitrogens with zero attached hydrogens (tertiary/aromatic N) is 3. The zero-order chi connectivity index (χ0) is 19.9. The largest absolute Gasteiger partial charge is 0.359 e. The van der Waals surface area contributed by atoms with Gasteiger partial charge in [-0.3, -0.25) is 14.7 Å². The Kier molecular flexibility index (Phi) is 6.32. The van der Waals surface area contributed by atoms with Crippen LogP contribution >= 0.6 is 0 Å². The summed E-state index contributed by atoms with van der Waals surface area (Å²) in [4.78, 5) is 18.8. The summed E-state index contributed by atoms with van der Waals surface area (Å²) in [6.45, 7) is 3.20. The summed E-state index contributed by atoms with van der Waals surface area (Å²) in [5, 5.41) is 7.26. The molecule has 0 bridgehead atoms. The number of pyridine rings is 1. The Balaban J connectivity index is 1.20. The molecule has 3 heterocycles. The van der Waals surface area contributed by atoms with E-state index in [0.717, 1.165) is 55.9 Å². The van der Waals surface area contributed by atoms with Gasteiger partial charge in [-0.05, 0) is 50.0 Å². The van der Waals surface area contributed by atoms with Crippen LogP contribution in [0.15, 0.2) is 65.4 Å². The monoisotopic (exact) mass is 390 g/mol. The second kappa shape index (κ2) is 9.47. The highest BCUT2D eigenvalue weighted by Gasteiger charge is 2.25. The average molecular weight is 390 g/mol. The van der Waals surface area contributed by atoms with Crippen LogP contribution in [0.3, 0.4) is 0 Å². The highest BCUT2D eigenvalue weighted by molar-refractivity contribution is 5.78. The average Bonchev–Trinajstić information content (AvgIpc) is 3.24. The van der Waals surface area contributed by atoms with E-state index in [0.29, 0.717) is 6.54 Å². The fraction of sp³-hybridized carbons (Fsp3) is 0.348. The topological polar surface area (TPSA) is 71.3 Å². The summed E-state index contributed by atoms with van der Waals surface area (Å²) in [6.07, 6.45) is 6.13. The molecule has 1 aliphatic rings. The van der Waals surface area contributed by atoms with Crippen molar-refractivity contribution in [3.8, 4) is 11.3 Å². The highest BCUT2D eigenvalue weighted by Crippen LogP contribution is 2.22. The molecule has 0 radical (unpaired) electrons.